The molecule has 0 saturated heterocycles. The molecule has 0 unspecified atom stereocenters. The van der Waals surface area contributed by atoms with Crippen molar-refractivity contribution >= 4 is 28.8 Å². The SMILES string of the molecule is Fc1ccc(C2(CNC(=S)Nc3ccc(N4CCc5ccccc5C4)nc3)CCCC2)cc1. The first-order valence-corrected chi connectivity index (χ1v) is 12.1. The molecule has 0 amide bonds. The number of fused-ring (bicyclic) bond motifs is 1. The van der Waals surface area contributed by atoms with Gasteiger partial charge in [-0.2, -0.15) is 0 Å². The van der Waals surface area contributed by atoms with Crippen LogP contribution in [-0.4, -0.2) is 23.2 Å². The summed E-state index contributed by atoms with van der Waals surface area (Å²) < 4.78 is 13.4. The number of nitrogens with zero attached hydrogens (tertiary/aromatic N) is 2. The molecule has 1 aliphatic heterocycles. The summed E-state index contributed by atoms with van der Waals surface area (Å²) in [5.74, 6) is 0.789. The zero-order valence-electron chi connectivity index (χ0n) is 18.7. The lowest BCUT2D eigenvalue weighted by atomic mass is 9.79. The Bertz CT molecular complexity index is 1110. The summed E-state index contributed by atoms with van der Waals surface area (Å²) >= 11 is 5.57. The zero-order valence-corrected chi connectivity index (χ0v) is 19.5. The summed E-state index contributed by atoms with van der Waals surface area (Å²) in [7, 11) is 0. The van der Waals surface area contributed by atoms with E-state index in [1.165, 1.54) is 29.5 Å². The molecule has 0 atom stereocenters. The largest absolute Gasteiger partial charge is 0.362 e. The molecule has 2 aliphatic rings. The van der Waals surface area contributed by atoms with Crippen molar-refractivity contribution in [3.05, 3.63) is 89.4 Å². The van der Waals surface area contributed by atoms with E-state index in [-0.39, 0.29) is 11.2 Å². The van der Waals surface area contributed by atoms with Crippen molar-refractivity contribution in [3.63, 3.8) is 0 Å². The monoisotopic (exact) mass is 460 g/mol. The van der Waals surface area contributed by atoms with Crippen LogP contribution < -0.4 is 15.5 Å². The van der Waals surface area contributed by atoms with Gasteiger partial charge in [-0.05, 0) is 72.4 Å². The fourth-order valence-corrected chi connectivity index (χ4v) is 5.38. The van der Waals surface area contributed by atoms with Gasteiger partial charge in [0.25, 0.3) is 0 Å². The Morgan fingerprint density at radius 1 is 1.00 bits per heavy atom. The van der Waals surface area contributed by atoms with Gasteiger partial charge in [-0.1, -0.05) is 49.2 Å². The summed E-state index contributed by atoms with van der Waals surface area (Å²) in [6, 6.07) is 19.7. The fraction of sp³-hybridized carbons (Fsp3) is 0.333. The summed E-state index contributed by atoms with van der Waals surface area (Å²) in [6.45, 7) is 2.60. The lowest BCUT2D eigenvalue weighted by Gasteiger charge is -2.31. The second-order valence-corrected chi connectivity index (χ2v) is 9.56. The Labute approximate surface area is 200 Å². The number of anilines is 2. The number of halogens is 1. The predicted molar refractivity (Wildman–Crippen MR) is 136 cm³/mol. The molecule has 5 rings (SSSR count). The highest BCUT2D eigenvalue weighted by Crippen LogP contribution is 2.40. The van der Waals surface area contributed by atoms with Crippen LogP contribution in [0.25, 0.3) is 0 Å². The smallest absolute Gasteiger partial charge is 0.170 e. The quantitative estimate of drug-likeness (QED) is 0.486. The van der Waals surface area contributed by atoms with E-state index in [1.807, 2.05) is 24.4 Å². The molecule has 170 valence electrons. The number of hydrogen-bond donors (Lipinski definition) is 2. The van der Waals surface area contributed by atoms with Crippen molar-refractivity contribution in [3.8, 4) is 0 Å². The molecule has 4 nitrogen and oxygen atoms in total. The first-order chi connectivity index (χ1) is 16.1. The molecule has 2 aromatic carbocycles. The Kier molecular flexibility index (Phi) is 6.27. The Morgan fingerprint density at radius 3 is 2.48 bits per heavy atom. The van der Waals surface area contributed by atoms with Gasteiger partial charge < -0.3 is 15.5 Å². The highest BCUT2D eigenvalue weighted by atomic mass is 32.1. The van der Waals surface area contributed by atoms with Crippen molar-refractivity contribution in [1.82, 2.24) is 10.3 Å². The van der Waals surface area contributed by atoms with Gasteiger partial charge in [-0.15, -0.1) is 0 Å². The molecule has 0 bridgehead atoms. The van der Waals surface area contributed by atoms with Gasteiger partial charge >= 0.3 is 0 Å². The second-order valence-electron chi connectivity index (χ2n) is 9.15. The normalized spacial score (nSPS) is 16.8. The van der Waals surface area contributed by atoms with Gasteiger partial charge in [0.2, 0.25) is 0 Å². The van der Waals surface area contributed by atoms with Crippen molar-refractivity contribution < 1.29 is 4.39 Å². The Balaban J connectivity index is 1.19. The molecule has 1 aliphatic carbocycles. The van der Waals surface area contributed by atoms with Crippen LogP contribution in [0.5, 0.6) is 0 Å². The average molecular weight is 461 g/mol. The summed E-state index contributed by atoms with van der Waals surface area (Å²) in [4.78, 5) is 6.99. The molecule has 0 spiro atoms. The van der Waals surface area contributed by atoms with Crippen LogP contribution in [0.3, 0.4) is 0 Å². The third-order valence-corrected chi connectivity index (χ3v) is 7.31. The molecular weight excluding hydrogens is 431 g/mol. The van der Waals surface area contributed by atoms with Crippen molar-refractivity contribution in [2.75, 3.05) is 23.3 Å². The highest BCUT2D eigenvalue weighted by Gasteiger charge is 2.35. The predicted octanol–water partition coefficient (Wildman–Crippen LogP) is 5.58. The third kappa shape index (κ3) is 4.86. The lowest BCUT2D eigenvalue weighted by Crippen LogP contribution is -2.40. The molecule has 1 fully saturated rings. The minimum atomic E-state index is -0.193. The zero-order chi connectivity index (χ0) is 22.7. The van der Waals surface area contributed by atoms with Crippen LogP contribution in [0.4, 0.5) is 15.9 Å². The molecule has 6 heteroatoms. The second kappa shape index (κ2) is 9.48. The van der Waals surface area contributed by atoms with Crippen LogP contribution in [0.15, 0.2) is 66.9 Å². The molecule has 1 aromatic heterocycles. The minimum absolute atomic E-state index is 0.00605. The van der Waals surface area contributed by atoms with E-state index in [0.29, 0.717) is 5.11 Å². The number of aromatic nitrogens is 1. The van der Waals surface area contributed by atoms with E-state index in [4.69, 9.17) is 12.2 Å². The first-order valence-electron chi connectivity index (χ1n) is 11.7. The molecule has 2 heterocycles. The van der Waals surface area contributed by atoms with Gasteiger partial charge in [0.15, 0.2) is 5.11 Å². The molecular formula is C27H29FN4S. The maximum atomic E-state index is 13.4. The third-order valence-electron chi connectivity index (χ3n) is 7.06. The standard InChI is InChI=1S/C27H29FN4S/c28-23-9-7-22(8-10-23)27(14-3-4-15-27)19-30-26(33)31-24-11-12-25(29-17-24)32-16-13-20-5-1-2-6-21(20)18-32/h1-2,5-12,17H,3-4,13-16,18-19H2,(H2,30,31,33). The van der Waals surface area contributed by atoms with E-state index < -0.39 is 0 Å². The molecule has 2 N–H and O–H groups in total. The highest BCUT2D eigenvalue weighted by molar-refractivity contribution is 7.80. The number of rotatable bonds is 5. The topological polar surface area (TPSA) is 40.2 Å². The average Bonchev–Trinajstić information content (AvgIpc) is 3.34. The number of pyridine rings is 1. The van der Waals surface area contributed by atoms with E-state index >= 15 is 0 Å². The Morgan fingerprint density at radius 2 is 1.76 bits per heavy atom. The maximum absolute atomic E-state index is 13.4. The molecule has 3 aromatic rings. The van der Waals surface area contributed by atoms with Crippen LogP contribution in [0.2, 0.25) is 0 Å². The summed E-state index contributed by atoms with van der Waals surface area (Å²) in [5.41, 5.74) is 4.87. The summed E-state index contributed by atoms with van der Waals surface area (Å²) in [5, 5.41) is 7.26. The van der Waals surface area contributed by atoms with Crippen LogP contribution >= 0.6 is 12.2 Å². The van der Waals surface area contributed by atoms with Gasteiger partial charge in [0.1, 0.15) is 11.6 Å². The van der Waals surface area contributed by atoms with Gasteiger partial charge in [0.05, 0.1) is 11.9 Å². The van der Waals surface area contributed by atoms with Gasteiger partial charge in [-0.3, -0.25) is 0 Å². The van der Waals surface area contributed by atoms with Gasteiger partial charge in [0, 0.05) is 25.0 Å². The number of nitrogens with one attached hydrogen (secondary N) is 2. The summed E-state index contributed by atoms with van der Waals surface area (Å²) in [6.07, 6.45) is 7.43. The van der Waals surface area contributed by atoms with E-state index in [0.717, 1.165) is 50.4 Å². The maximum Gasteiger partial charge on any atom is 0.170 e. The molecule has 0 radical (unpaired) electrons. The lowest BCUT2D eigenvalue weighted by molar-refractivity contribution is 0.434. The van der Waals surface area contributed by atoms with E-state index in [2.05, 4.69) is 50.8 Å². The number of thiocarbonyl (C=S) groups is 1. The minimum Gasteiger partial charge on any atom is -0.362 e. The molecule has 33 heavy (non-hydrogen) atoms. The first kappa shape index (κ1) is 21.8. The van der Waals surface area contributed by atoms with Crippen molar-refractivity contribution in [2.24, 2.45) is 0 Å². The Hall–Kier alpha value is -2.99. The van der Waals surface area contributed by atoms with Crippen LogP contribution in [0.1, 0.15) is 42.4 Å². The van der Waals surface area contributed by atoms with Crippen LogP contribution in [0, 0.1) is 5.82 Å². The fourth-order valence-electron chi connectivity index (χ4n) is 5.19. The van der Waals surface area contributed by atoms with Gasteiger partial charge in [-0.25, -0.2) is 9.37 Å². The van der Waals surface area contributed by atoms with Crippen LogP contribution in [-0.2, 0) is 18.4 Å². The number of hydrogen-bond acceptors (Lipinski definition) is 3. The van der Waals surface area contributed by atoms with Crippen molar-refractivity contribution in [2.45, 2.75) is 44.1 Å². The molecule has 1 saturated carbocycles. The number of benzene rings is 2. The van der Waals surface area contributed by atoms with E-state index in [1.54, 1.807) is 12.1 Å². The van der Waals surface area contributed by atoms with E-state index in [9.17, 15) is 4.39 Å². The van der Waals surface area contributed by atoms with Crippen molar-refractivity contribution in [1.29, 1.82) is 0 Å².